The minimum Gasteiger partial charge on any atom is -0.482 e. The molecular weight excluding hydrogens is 184 g/mol. The molecule has 0 bridgehead atoms. The highest BCUT2D eigenvalue weighted by molar-refractivity contribution is 5.94. The van der Waals surface area contributed by atoms with E-state index in [1.165, 1.54) is 0 Å². The van der Waals surface area contributed by atoms with Crippen LogP contribution in [0.5, 0.6) is 5.75 Å². The van der Waals surface area contributed by atoms with Gasteiger partial charge < -0.3 is 15.6 Å². The second kappa shape index (κ2) is 4.27. The molecule has 0 aromatic heterocycles. The summed E-state index contributed by atoms with van der Waals surface area (Å²) in [7, 11) is 0. The molecule has 0 saturated carbocycles. The zero-order valence-corrected chi connectivity index (χ0v) is 7.36. The molecule has 1 aromatic rings. The highest BCUT2D eigenvalue weighted by Crippen LogP contribution is 2.11. The molecule has 0 spiro atoms. The molecule has 14 heavy (non-hydrogen) atoms. The molecule has 0 unspecified atom stereocenters. The minimum atomic E-state index is -1.03. The van der Waals surface area contributed by atoms with E-state index in [0.29, 0.717) is 11.3 Å². The number of hydrogen-bond donors (Lipinski definition) is 3. The van der Waals surface area contributed by atoms with Crippen LogP contribution in [0.2, 0.25) is 0 Å². The van der Waals surface area contributed by atoms with Gasteiger partial charge in [0.15, 0.2) is 6.61 Å². The van der Waals surface area contributed by atoms with Gasteiger partial charge in [-0.1, -0.05) is 0 Å². The van der Waals surface area contributed by atoms with Crippen molar-refractivity contribution in [3.63, 3.8) is 0 Å². The van der Waals surface area contributed by atoms with Gasteiger partial charge in [0.2, 0.25) is 0 Å². The smallest absolute Gasteiger partial charge is 0.341 e. The molecule has 0 fully saturated rings. The normalized spacial score (nSPS) is 9.43. The number of rotatable bonds is 4. The van der Waals surface area contributed by atoms with Gasteiger partial charge in [0, 0.05) is 5.56 Å². The molecule has 0 saturated heterocycles. The number of nitrogens with two attached hydrogens (primary N) is 1. The van der Waals surface area contributed by atoms with Gasteiger partial charge in [-0.2, -0.15) is 0 Å². The van der Waals surface area contributed by atoms with Gasteiger partial charge in [0.25, 0.3) is 0 Å². The van der Waals surface area contributed by atoms with E-state index in [9.17, 15) is 4.79 Å². The molecule has 0 aliphatic rings. The van der Waals surface area contributed by atoms with E-state index in [-0.39, 0.29) is 12.4 Å². The summed E-state index contributed by atoms with van der Waals surface area (Å²) in [6.45, 7) is -0.376. The number of nitrogen functional groups attached to an aromatic ring is 1. The highest BCUT2D eigenvalue weighted by atomic mass is 16.5. The van der Waals surface area contributed by atoms with Gasteiger partial charge in [-0.05, 0) is 24.3 Å². The van der Waals surface area contributed by atoms with Crippen LogP contribution >= 0.6 is 0 Å². The van der Waals surface area contributed by atoms with Crippen LogP contribution in [0, 0.1) is 5.41 Å². The van der Waals surface area contributed by atoms with E-state index in [1.807, 2.05) is 0 Å². The van der Waals surface area contributed by atoms with Crippen LogP contribution in [0.15, 0.2) is 24.3 Å². The van der Waals surface area contributed by atoms with Gasteiger partial charge in [-0.15, -0.1) is 0 Å². The first-order chi connectivity index (χ1) is 6.59. The standard InChI is InChI=1S/C9H10N2O3/c10-9(11)6-1-3-7(4-2-6)14-5-8(12)13/h1-4H,5H2,(H3,10,11)(H,12,13). The molecule has 0 heterocycles. The van der Waals surface area contributed by atoms with E-state index in [4.69, 9.17) is 21.0 Å². The summed E-state index contributed by atoms with van der Waals surface area (Å²) in [6, 6.07) is 6.33. The van der Waals surface area contributed by atoms with Gasteiger partial charge in [0.1, 0.15) is 11.6 Å². The van der Waals surface area contributed by atoms with Crippen molar-refractivity contribution in [3.8, 4) is 5.75 Å². The van der Waals surface area contributed by atoms with Crippen molar-refractivity contribution in [2.75, 3.05) is 6.61 Å². The van der Waals surface area contributed by atoms with Gasteiger partial charge in [-0.25, -0.2) is 4.79 Å². The molecular formula is C9H10N2O3. The van der Waals surface area contributed by atoms with E-state index >= 15 is 0 Å². The van der Waals surface area contributed by atoms with Crippen LogP contribution in [0.1, 0.15) is 5.56 Å². The number of aliphatic carboxylic acids is 1. The van der Waals surface area contributed by atoms with Crippen LogP contribution in [0.4, 0.5) is 0 Å². The summed E-state index contributed by atoms with van der Waals surface area (Å²) >= 11 is 0. The monoisotopic (exact) mass is 194 g/mol. The summed E-state index contributed by atoms with van der Waals surface area (Å²) in [5.41, 5.74) is 5.81. The summed E-state index contributed by atoms with van der Waals surface area (Å²) in [4.78, 5) is 10.2. The van der Waals surface area contributed by atoms with Crippen LogP contribution in [0.3, 0.4) is 0 Å². The Morgan fingerprint density at radius 1 is 1.43 bits per heavy atom. The van der Waals surface area contributed by atoms with Gasteiger partial charge >= 0.3 is 5.97 Å². The molecule has 1 rings (SSSR count). The number of carbonyl (C=O) groups is 1. The number of hydrogen-bond acceptors (Lipinski definition) is 3. The van der Waals surface area contributed by atoms with Crippen molar-refractivity contribution in [1.29, 1.82) is 5.41 Å². The molecule has 5 heteroatoms. The largest absolute Gasteiger partial charge is 0.482 e. The average molecular weight is 194 g/mol. The van der Waals surface area contributed by atoms with E-state index in [1.54, 1.807) is 24.3 Å². The molecule has 0 radical (unpaired) electrons. The van der Waals surface area contributed by atoms with E-state index in [0.717, 1.165) is 0 Å². The van der Waals surface area contributed by atoms with Crippen molar-refractivity contribution in [3.05, 3.63) is 29.8 Å². The molecule has 5 nitrogen and oxygen atoms in total. The summed E-state index contributed by atoms with van der Waals surface area (Å²) in [5, 5.41) is 15.5. The van der Waals surface area contributed by atoms with Crippen LogP contribution in [0.25, 0.3) is 0 Å². The lowest BCUT2D eigenvalue weighted by Crippen LogP contribution is -2.11. The summed E-state index contributed by atoms with van der Waals surface area (Å²) in [6.07, 6.45) is 0. The fourth-order valence-electron chi connectivity index (χ4n) is 0.876. The van der Waals surface area contributed by atoms with Crippen molar-refractivity contribution < 1.29 is 14.6 Å². The second-order valence-electron chi connectivity index (χ2n) is 2.62. The molecule has 0 aliphatic carbocycles. The maximum Gasteiger partial charge on any atom is 0.341 e. The first-order valence-electron chi connectivity index (χ1n) is 3.88. The Balaban J connectivity index is 2.64. The highest BCUT2D eigenvalue weighted by Gasteiger charge is 2.00. The fourth-order valence-corrected chi connectivity index (χ4v) is 0.876. The predicted octanol–water partition coefficient (Wildman–Crippen LogP) is 0.434. The lowest BCUT2D eigenvalue weighted by Gasteiger charge is -2.03. The second-order valence-corrected chi connectivity index (χ2v) is 2.62. The fraction of sp³-hybridized carbons (Fsp3) is 0.111. The zero-order valence-electron chi connectivity index (χ0n) is 7.36. The number of amidine groups is 1. The third kappa shape index (κ3) is 2.78. The lowest BCUT2D eigenvalue weighted by atomic mass is 10.2. The quantitative estimate of drug-likeness (QED) is 0.478. The van der Waals surface area contributed by atoms with Gasteiger partial charge in [-0.3, -0.25) is 5.41 Å². The maximum atomic E-state index is 10.2. The molecule has 1 aromatic carbocycles. The van der Waals surface area contributed by atoms with Crippen molar-refractivity contribution in [2.24, 2.45) is 5.73 Å². The number of ether oxygens (including phenoxy) is 1. The molecule has 0 atom stereocenters. The Kier molecular flexibility index (Phi) is 3.06. The van der Waals surface area contributed by atoms with Crippen molar-refractivity contribution >= 4 is 11.8 Å². The predicted molar refractivity (Wildman–Crippen MR) is 50.6 cm³/mol. The van der Waals surface area contributed by atoms with E-state index < -0.39 is 5.97 Å². The SMILES string of the molecule is N=C(N)c1ccc(OCC(=O)O)cc1. The molecule has 4 N–H and O–H groups in total. The Morgan fingerprint density at radius 2 is 2.00 bits per heavy atom. The lowest BCUT2D eigenvalue weighted by molar-refractivity contribution is -0.139. The molecule has 74 valence electrons. The Morgan fingerprint density at radius 3 is 2.43 bits per heavy atom. The third-order valence-electron chi connectivity index (χ3n) is 1.53. The topological polar surface area (TPSA) is 96.4 Å². The number of nitrogens with one attached hydrogen (secondary N) is 1. The summed E-state index contributed by atoms with van der Waals surface area (Å²) < 4.78 is 4.89. The van der Waals surface area contributed by atoms with Crippen LogP contribution in [-0.2, 0) is 4.79 Å². The molecule has 0 amide bonds. The van der Waals surface area contributed by atoms with Crippen molar-refractivity contribution in [1.82, 2.24) is 0 Å². The minimum absolute atomic E-state index is 0.0326. The first kappa shape index (κ1) is 10.0. The van der Waals surface area contributed by atoms with Gasteiger partial charge in [0.05, 0.1) is 0 Å². The summed E-state index contributed by atoms with van der Waals surface area (Å²) in [5.74, 6) is -0.618. The van der Waals surface area contributed by atoms with E-state index in [2.05, 4.69) is 0 Å². The zero-order chi connectivity index (χ0) is 10.6. The first-order valence-corrected chi connectivity index (χ1v) is 3.88. The molecule has 0 aliphatic heterocycles. The Hall–Kier alpha value is -2.04. The number of carboxylic acids is 1. The van der Waals surface area contributed by atoms with Crippen molar-refractivity contribution in [2.45, 2.75) is 0 Å². The number of carboxylic acid groups (broad SMARTS) is 1. The van der Waals surface area contributed by atoms with Crippen LogP contribution < -0.4 is 10.5 Å². The van der Waals surface area contributed by atoms with Crippen LogP contribution in [-0.4, -0.2) is 23.5 Å². The Labute approximate surface area is 80.6 Å². The third-order valence-corrected chi connectivity index (χ3v) is 1.53. The maximum absolute atomic E-state index is 10.2. The average Bonchev–Trinajstić information content (AvgIpc) is 2.15. The number of benzene rings is 1. The Bertz CT molecular complexity index is 346.